The lowest BCUT2D eigenvalue weighted by molar-refractivity contribution is 0.534. The van der Waals surface area contributed by atoms with Crippen LogP contribution >= 0.6 is 0 Å². The molecular weight excluding hydrogens is 240 g/mol. The van der Waals surface area contributed by atoms with Crippen molar-refractivity contribution in [2.75, 3.05) is 0 Å². The summed E-state index contributed by atoms with van der Waals surface area (Å²) in [5.74, 6) is 0.907. The fraction of sp³-hybridized carbons (Fsp3) is 0.700. The maximum absolute atomic E-state index is 2.45. The number of hydrogen-bond acceptors (Lipinski definition) is 0. The highest BCUT2D eigenvalue weighted by Crippen LogP contribution is 2.42. The molecule has 20 heavy (non-hydrogen) atoms. The van der Waals surface area contributed by atoms with Gasteiger partial charge in [-0.05, 0) is 66.7 Å². The predicted molar refractivity (Wildman–Crippen MR) is 87.5 cm³/mol. The SMILES string of the molecule is CCCCCCCCC1CCc2ccc3c(c21)CCC3. The molecular formula is C20H30. The first-order chi connectivity index (χ1) is 9.90. The largest absolute Gasteiger partial charge is 0.0654 e. The number of benzene rings is 1. The van der Waals surface area contributed by atoms with Gasteiger partial charge >= 0.3 is 0 Å². The van der Waals surface area contributed by atoms with Gasteiger partial charge in [-0.15, -0.1) is 0 Å². The molecule has 0 saturated carbocycles. The van der Waals surface area contributed by atoms with Crippen LogP contribution < -0.4 is 0 Å². The Morgan fingerprint density at radius 2 is 1.70 bits per heavy atom. The van der Waals surface area contributed by atoms with Crippen molar-refractivity contribution >= 4 is 0 Å². The van der Waals surface area contributed by atoms with Crippen molar-refractivity contribution in [1.29, 1.82) is 0 Å². The molecule has 0 N–H and O–H groups in total. The van der Waals surface area contributed by atoms with Crippen molar-refractivity contribution in [2.24, 2.45) is 0 Å². The average molecular weight is 270 g/mol. The summed E-state index contributed by atoms with van der Waals surface area (Å²) in [5.41, 5.74) is 6.96. The van der Waals surface area contributed by atoms with Gasteiger partial charge in [-0.1, -0.05) is 57.6 Å². The lowest BCUT2D eigenvalue weighted by atomic mass is 9.89. The number of rotatable bonds is 7. The van der Waals surface area contributed by atoms with Gasteiger partial charge in [0.2, 0.25) is 0 Å². The Hall–Kier alpha value is -0.780. The average Bonchev–Trinajstić information content (AvgIpc) is 3.08. The van der Waals surface area contributed by atoms with E-state index in [2.05, 4.69) is 19.1 Å². The molecule has 110 valence electrons. The van der Waals surface area contributed by atoms with Gasteiger partial charge < -0.3 is 0 Å². The number of unbranched alkanes of at least 4 members (excludes halogenated alkanes) is 5. The van der Waals surface area contributed by atoms with E-state index < -0.39 is 0 Å². The molecule has 3 rings (SSSR count). The van der Waals surface area contributed by atoms with Crippen molar-refractivity contribution in [1.82, 2.24) is 0 Å². The zero-order chi connectivity index (χ0) is 13.8. The smallest absolute Gasteiger partial charge is 0.0153 e. The number of aryl methyl sites for hydroxylation is 2. The van der Waals surface area contributed by atoms with E-state index in [9.17, 15) is 0 Å². The minimum absolute atomic E-state index is 0.907. The zero-order valence-electron chi connectivity index (χ0n) is 13.2. The van der Waals surface area contributed by atoms with Gasteiger partial charge in [0.05, 0.1) is 0 Å². The van der Waals surface area contributed by atoms with Crippen LogP contribution in [0.5, 0.6) is 0 Å². The Kier molecular flexibility index (Phi) is 4.81. The standard InChI is InChI=1S/C20H30/c1-2-3-4-5-6-7-9-17-14-15-18-13-12-16-10-8-11-19(16)20(17)18/h12-13,17H,2-11,14-15H2,1H3. The molecule has 1 aromatic rings. The maximum atomic E-state index is 2.45. The minimum atomic E-state index is 0.907. The van der Waals surface area contributed by atoms with Crippen molar-refractivity contribution in [3.8, 4) is 0 Å². The summed E-state index contributed by atoms with van der Waals surface area (Å²) in [6.45, 7) is 2.30. The molecule has 0 fully saturated rings. The number of fused-ring (bicyclic) bond motifs is 3. The summed E-state index contributed by atoms with van der Waals surface area (Å²) in [7, 11) is 0. The molecule has 0 saturated heterocycles. The molecule has 0 radical (unpaired) electrons. The molecule has 0 aliphatic heterocycles. The summed E-state index contributed by atoms with van der Waals surface area (Å²) >= 11 is 0. The Bertz CT molecular complexity index is 444. The fourth-order valence-electron chi connectivity index (χ4n) is 4.40. The highest BCUT2D eigenvalue weighted by molar-refractivity contribution is 5.48. The van der Waals surface area contributed by atoms with E-state index >= 15 is 0 Å². The van der Waals surface area contributed by atoms with Gasteiger partial charge in [-0.25, -0.2) is 0 Å². The summed E-state index contributed by atoms with van der Waals surface area (Å²) < 4.78 is 0. The lowest BCUT2D eigenvalue weighted by Gasteiger charge is -2.16. The number of hydrogen-bond donors (Lipinski definition) is 0. The minimum Gasteiger partial charge on any atom is -0.0654 e. The Morgan fingerprint density at radius 3 is 2.60 bits per heavy atom. The Labute approximate surface area is 125 Å². The predicted octanol–water partition coefficient (Wildman–Crippen LogP) is 5.96. The zero-order valence-corrected chi connectivity index (χ0v) is 13.2. The maximum Gasteiger partial charge on any atom is -0.0153 e. The molecule has 1 unspecified atom stereocenters. The van der Waals surface area contributed by atoms with Gasteiger partial charge in [-0.2, -0.15) is 0 Å². The van der Waals surface area contributed by atoms with Crippen LogP contribution in [0.2, 0.25) is 0 Å². The third kappa shape index (κ3) is 2.95. The quantitative estimate of drug-likeness (QED) is 0.537. The first kappa shape index (κ1) is 14.2. The van der Waals surface area contributed by atoms with Gasteiger partial charge in [0.25, 0.3) is 0 Å². The summed E-state index contributed by atoms with van der Waals surface area (Å²) in [4.78, 5) is 0. The summed E-state index contributed by atoms with van der Waals surface area (Å²) in [6, 6.07) is 4.87. The van der Waals surface area contributed by atoms with Crippen LogP contribution in [-0.2, 0) is 19.3 Å². The van der Waals surface area contributed by atoms with Crippen LogP contribution in [0.15, 0.2) is 12.1 Å². The van der Waals surface area contributed by atoms with E-state index in [-0.39, 0.29) is 0 Å². The van der Waals surface area contributed by atoms with E-state index in [1.807, 2.05) is 5.56 Å². The monoisotopic (exact) mass is 270 g/mol. The van der Waals surface area contributed by atoms with Crippen LogP contribution in [0.3, 0.4) is 0 Å². The fourth-order valence-corrected chi connectivity index (χ4v) is 4.40. The van der Waals surface area contributed by atoms with Crippen LogP contribution in [0, 0.1) is 0 Å². The molecule has 0 nitrogen and oxygen atoms in total. The highest BCUT2D eigenvalue weighted by Gasteiger charge is 2.27. The third-order valence-corrected chi connectivity index (χ3v) is 5.49. The van der Waals surface area contributed by atoms with Crippen LogP contribution in [0.25, 0.3) is 0 Å². The second-order valence-electron chi connectivity index (χ2n) is 6.92. The van der Waals surface area contributed by atoms with Gasteiger partial charge in [0.15, 0.2) is 0 Å². The first-order valence-electron chi connectivity index (χ1n) is 9.03. The van der Waals surface area contributed by atoms with Gasteiger partial charge in [-0.3, -0.25) is 0 Å². The van der Waals surface area contributed by atoms with E-state index in [0.717, 1.165) is 5.92 Å². The normalized spacial score (nSPS) is 20.1. The second kappa shape index (κ2) is 6.78. The van der Waals surface area contributed by atoms with Crippen LogP contribution in [-0.4, -0.2) is 0 Å². The highest BCUT2D eigenvalue weighted by atomic mass is 14.3. The summed E-state index contributed by atoms with van der Waals surface area (Å²) in [5, 5.41) is 0. The first-order valence-corrected chi connectivity index (χ1v) is 9.03. The van der Waals surface area contributed by atoms with E-state index in [0.29, 0.717) is 0 Å². The lowest BCUT2D eigenvalue weighted by Crippen LogP contribution is -1.99. The van der Waals surface area contributed by atoms with E-state index in [1.165, 1.54) is 77.0 Å². The van der Waals surface area contributed by atoms with Gasteiger partial charge in [0, 0.05) is 0 Å². The molecule has 2 aliphatic carbocycles. The van der Waals surface area contributed by atoms with Gasteiger partial charge in [0.1, 0.15) is 0 Å². The van der Waals surface area contributed by atoms with Crippen molar-refractivity contribution in [3.05, 3.63) is 34.4 Å². The van der Waals surface area contributed by atoms with Crippen molar-refractivity contribution in [2.45, 2.75) is 89.9 Å². The topological polar surface area (TPSA) is 0 Å². The van der Waals surface area contributed by atoms with Crippen LogP contribution in [0.1, 0.15) is 92.9 Å². The van der Waals surface area contributed by atoms with E-state index in [4.69, 9.17) is 0 Å². The molecule has 1 aromatic carbocycles. The molecule has 0 aromatic heterocycles. The van der Waals surface area contributed by atoms with Crippen molar-refractivity contribution in [3.63, 3.8) is 0 Å². The molecule has 0 bridgehead atoms. The Balaban J connectivity index is 1.55. The van der Waals surface area contributed by atoms with E-state index in [1.54, 1.807) is 16.7 Å². The third-order valence-electron chi connectivity index (χ3n) is 5.49. The summed E-state index contributed by atoms with van der Waals surface area (Å²) in [6.07, 6.45) is 17.0. The van der Waals surface area contributed by atoms with Crippen LogP contribution in [0.4, 0.5) is 0 Å². The molecule has 2 aliphatic rings. The van der Waals surface area contributed by atoms with Crippen molar-refractivity contribution < 1.29 is 0 Å². The molecule has 0 heteroatoms. The molecule has 0 heterocycles. The molecule has 0 spiro atoms. The molecule has 1 atom stereocenters. The Morgan fingerprint density at radius 1 is 0.900 bits per heavy atom. The molecule has 0 amide bonds. The second-order valence-corrected chi connectivity index (χ2v) is 6.92.